The van der Waals surface area contributed by atoms with Crippen LogP contribution in [0.4, 0.5) is 15.4 Å². The van der Waals surface area contributed by atoms with Gasteiger partial charge in [-0.25, -0.2) is 9.59 Å². The number of carbonyl (C=O) groups excluding carboxylic acids is 2. The molecule has 0 aliphatic heterocycles. The molecular weight excluding hydrogens is 228 g/mol. The van der Waals surface area contributed by atoms with Crippen LogP contribution >= 0.6 is 0 Å². The summed E-state index contributed by atoms with van der Waals surface area (Å²) in [6, 6.07) is 1.08. The van der Waals surface area contributed by atoms with E-state index >= 15 is 0 Å². The predicted molar refractivity (Wildman–Crippen MR) is 58.5 cm³/mol. The van der Waals surface area contributed by atoms with Crippen molar-refractivity contribution in [2.24, 2.45) is 0 Å². The van der Waals surface area contributed by atoms with E-state index in [9.17, 15) is 9.59 Å². The van der Waals surface area contributed by atoms with Gasteiger partial charge in [-0.15, -0.1) is 0 Å². The monoisotopic (exact) mass is 242 g/mol. The van der Waals surface area contributed by atoms with Crippen molar-refractivity contribution < 1.29 is 18.8 Å². The van der Waals surface area contributed by atoms with E-state index in [0.29, 0.717) is 12.4 Å². The molecule has 0 aromatic carbocycles. The third kappa shape index (κ3) is 5.40. The van der Waals surface area contributed by atoms with Crippen molar-refractivity contribution >= 4 is 17.9 Å². The molecule has 8 nitrogen and oxygen atoms in total. The molecule has 0 saturated heterocycles. The zero-order valence-corrected chi connectivity index (χ0v) is 9.36. The highest BCUT2D eigenvalue weighted by molar-refractivity contribution is 5.87. The summed E-state index contributed by atoms with van der Waals surface area (Å²) in [5, 5.41) is 10.9. The van der Waals surface area contributed by atoms with Gasteiger partial charge in [-0.3, -0.25) is 5.32 Å². The number of hydrogen-bond donors (Lipinski definition) is 3. The lowest BCUT2D eigenvalue weighted by atomic mass is 10.6. The van der Waals surface area contributed by atoms with E-state index in [1.807, 2.05) is 0 Å². The van der Waals surface area contributed by atoms with Gasteiger partial charge in [0.25, 0.3) is 0 Å². The predicted octanol–water partition coefficient (Wildman–Crippen LogP) is 0.542. The number of anilines is 1. The molecule has 17 heavy (non-hydrogen) atoms. The lowest BCUT2D eigenvalue weighted by Crippen LogP contribution is -2.37. The summed E-state index contributed by atoms with van der Waals surface area (Å²) in [4.78, 5) is 22.1. The Bertz CT molecular complexity index is 352. The third-order valence-corrected chi connectivity index (χ3v) is 1.63. The zero-order chi connectivity index (χ0) is 12.5. The summed E-state index contributed by atoms with van der Waals surface area (Å²) < 4.78 is 9.17. The highest BCUT2D eigenvalue weighted by atomic mass is 16.5. The quantitative estimate of drug-likeness (QED) is 0.653. The molecule has 94 valence electrons. The molecule has 0 radical (unpaired) electrons. The van der Waals surface area contributed by atoms with Crippen LogP contribution in [0.5, 0.6) is 0 Å². The second-order valence-electron chi connectivity index (χ2n) is 2.91. The Kier molecular flexibility index (Phi) is 5.35. The van der Waals surface area contributed by atoms with Crippen molar-refractivity contribution in [3.63, 3.8) is 0 Å². The maximum absolute atomic E-state index is 11.2. The zero-order valence-electron chi connectivity index (χ0n) is 9.36. The first-order valence-electron chi connectivity index (χ1n) is 5.08. The van der Waals surface area contributed by atoms with E-state index < -0.39 is 12.1 Å². The molecule has 0 saturated carbocycles. The number of rotatable bonds is 5. The van der Waals surface area contributed by atoms with E-state index in [4.69, 9.17) is 0 Å². The minimum atomic E-state index is -0.508. The van der Waals surface area contributed by atoms with Gasteiger partial charge >= 0.3 is 12.1 Å². The Labute approximate surface area is 97.7 Å². The third-order valence-electron chi connectivity index (χ3n) is 1.63. The first-order valence-corrected chi connectivity index (χ1v) is 5.08. The van der Waals surface area contributed by atoms with Crippen LogP contribution in [-0.2, 0) is 4.74 Å². The summed E-state index contributed by atoms with van der Waals surface area (Å²) in [7, 11) is 0. The highest BCUT2D eigenvalue weighted by Crippen LogP contribution is 1.99. The molecule has 0 spiro atoms. The van der Waals surface area contributed by atoms with Crippen LogP contribution in [0.3, 0.4) is 0 Å². The molecular formula is C9H14N4O4. The van der Waals surface area contributed by atoms with Crippen molar-refractivity contribution in [1.29, 1.82) is 0 Å². The van der Waals surface area contributed by atoms with Crippen molar-refractivity contribution in [3.05, 3.63) is 12.3 Å². The van der Waals surface area contributed by atoms with Crippen molar-refractivity contribution in [2.75, 3.05) is 25.0 Å². The standard InChI is InChI=1S/C9H14N4O4/c1-2-16-9(15)11-5-4-10-8(14)12-7-3-6-17-13-7/h3,6H,2,4-5H2,1H3,(H,11,15)(H2,10,12,13,14). The smallest absolute Gasteiger partial charge is 0.407 e. The van der Waals surface area contributed by atoms with Crippen LogP contribution in [0.25, 0.3) is 0 Å². The van der Waals surface area contributed by atoms with E-state index in [-0.39, 0.29) is 13.1 Å². The Morgan fingerprint density at radius 3 is 2.82 bits per heavy atom. The van der Waals surface area contributed by atoms with E-state index in [1.165, 1.54) is 12.3 Å². The minimum absolute atomic E-state index is 0.280. The first-order chi connectivity index (χ1) is 8.22. The summed E-state index contributed by atoms with van der Waals surface area (Å²) in [5.41, 5.74) is 0. The Morgan fingerprint density at radius 2 is 2.18 bits per heavy atom. The molecule has 8 heteroatoms. The second kappa shape index (κ2) is 7.09. The van der Waals surface area contributed by atoms with Crippen LogP contribution in [0.1, 0.15) is 6.92 Å². The van der Waals surface area contributed by atoms with Crippen molar-refractivity contribution in [3.8, 4) is 0 Å². The largest absolute Gasteiger partial charge is 0.450 e. The van der Waals surface area contributed by atoms with Gasteiger partial charge in [0.2, 0.25) is 0 Å². The van der Waals surface area contributed by atoms with E-state index in [2.05, 4.69) is 30.4 Å². The molecule has 0 aliphatic rings. The van der Waals surface area contributed by atoms with Gasteiger partial charge in [0.05, 0.1) is 6.61 Å². The summed E-state index contributed by atoms with van der Waals surface area (Å²) >= 11 is 0. The number of carbonyl (C=O) groups is 2. The average molecular weight is 242 g/mol. The molecule has 0 bridgehead atoms. The SMILES string of the molecule is CCOC(=O)NCCNC(=O)Nc1ccon1. The number of amides is 3. The molecule has 0 atom stereocenters. The maximum Gasteiger partial charge on any atom is 0.407 e. The number of nitrogens with zero attached hydrogens (tertiary/aromatic N) is 1. The number of nitrogens with one attached hydrogen (secondary N) is 3. The fourth-order valence-electron chi connectivity index (χ4n) is 0.960. The molecule has 1 aromatic rings. The maximum atomic E-state index is 11.2. The lowest BCUT2D eigenvalue weighted by Gasteiger charge is -2.06. The number of hydrogen-bond acceptors (Lipinski definition) is 5. The van der Waals surface area contributed by atoms with Gasteiger partial charge in [-0.05, 0) is 6.92 Å². The summed E-state index contributed by atoms with van der Waals surface area (Å²) in [6.45, 7) is 2.59. The van der Waals surface area contributed by atoms with Crippen LogP contribution in [-0.4, -0.2) is 37.0 Å². The highest BCUT2D eigenvalue weighted by Gasteiger charge is 2.03. The van der Waals surface area contributed by atoms with Gasteiger partial charge < -0.3 is 19.9 Å². The number of aromatic nitrogens is 1. The molecule has 1 rings (SSSR count). The van der Waals surface area contributed by atoms with Gasteiger partial charge in [0.1, 0.15) is 6.26 Å². The van der Waals surface area contributed by atoms with Crippen LogP contribution in [0.15, 0.2) is 16.9 Å². The molecule has 0 unspecified atom stereocenters. The Balaban J connectivity index is 2.06. The fourth-order valence-corrected chi connectivity index (χ4v) is 0.960. The summed E-state index contributed by atoms with van der Waals surface area (Å²) in [6.07, 6.45) is 0.837. The van der Waals surface area contributed by atoms with Crippen LogP contribution in [0.2, 0.25) is 0 Å². The van der Waals surface area contributed by atoms with Gasteiger partial charge in [0, 0.05) is 19.2 Å². The molecule has 0 aliphatic carbocycles. The molecule has 1 heterocycles. The van der Waals surface area contributed by atoms with Gasteiger partial charge in [-0.2, -0.15) is 0 Å². The normalized spacial score (nSPS) is 9.47. The van der Waals surface area contributed by atoms with Gasteiger partial charge in [-0.1, -0.05) is 5.16 Å². The lowest BCUT2D eigenvalue weighted by molar-refractivity contribution is 0.152. The summed E-state index contributed by atoms with van der Waals surface area (Å²) in [5.74, 6) is 0.320. The van der Waals surface area contributed by atoms with E-state index in [1.54, 1.807) is 6.92 Å². The Morgan fingerprint density at radius 1 is 1.41 bits per heavy atom. The molecule has 1 aromatic heterocycles. The topological polar surface area (TPSA) is 105 Å². The number of ether oxygens (including phenoxy) is 1. The average Bonchev–Trinajstić information content (AvgIpc) is 2.77. The van der Waals surface area contributed by atoms with Crippen molar-refractivity contribution in [1.82, 2.24) is 15.8 Å². The Hall–Kier alpha value is -2.25. The molecule has 3 amide bonds. The van der Waals surface area contributed by atoms with E-state index in [0.717, 1.165) is 0 Å². The first kappa shape index (κ1) is 12.8. The van der Waals surface area contributed by atoms with Gasteiger partial charge in [0.15, 0.2) is 5.82 Å². The second-order valence-corrected chi connectivity index (χ2v) is 2.91. The van der Waals surface area contributed by atoms with Crippen LogP contribution < -0.4 is 16.0 Å². The minimum Gasteiger partial charge on any atom is -0.450 e. The molecule has 3 N–H and O–H groups in total. The van der Waals surface area contributed by atoms with Crippen LogP contribution in [0, 0.1) is 0 Å². The fraction of sp³-hybridized carbons (Fsp3) is 0.444. The van der Waals surface area contributed by atoms with Crippen molar-refractivity contribution in [2.45, 2.75) is 6.92 Å². The number of alkyl carbamates (subject to hydrolysis) is 1. The molecule has 0 fully saturated rings. The number of urea groups is 1.